The Hall–Kier alpha value is -2.28. The van der Waals surface area contributed by atoms with E-state index in [0.717, 1.165) is 0 Å². The molecule has 2 aromatic rings. The number of carbonyl (C=O) groups is 2. The third-order valence-corrected chi connectivity index (χ3v) is 3.29. The highest BCUT2D eigenvalue weighted by Crippen LogP contribution is 2.18. The van der Waals surface area contributed by atoms with E-state index in [4.69, 9.17) is 9.52 Å². The fraction of sp³-hybridized carbons (Fsp3) is 0.167. The second-order valence-corrected chi connectivity index (χ2v) is 4.67. The Balaban J connectivity index is 1.90. The summed E-state index contributed by atoms with van der Waals surface area (Å²) in [7, 11) is 0. The van der Waals surface area contributed by atoms with Crippen LogP contribution in [0.3, 0.4) is 0 Å². The molecule has 0 aliphatic heterocycles. The molecule has 0 aliphatic carbocycles. The van der Waals surface area contributed by atoms with Gasteiger partial charge in [0.05, 0.1) is 12.8 Å². The van der Waals surface area contributed by atoms with E-state index in [1.807, 2.05) is 0 Å². The summed E-state index contributed by atoms with van der Waals surface area (Å²) in [6.07, 6.45) is 1.50. The molecule has 0 radical (unpaired) electrons. The van der Waals surface area contributed by atoms with Crippen LogP contribution in [-0.4, -0.2) is 17.1 Å². The van der Waals surface area contributed by atoms with Gasteiger partial charge in [0.2, 0.25) is 0 Å². The van der Waals surface area contributed by atoms with Crippen molar-refractivity contribution in [3.8, 4) is 0 Å². The summed E-state index contributed by atoms with van der Waals surface area (Å²) in [4.78, 5) is 23.3. The molecular formula is C12H12N2O4S. The summed E-state index contributed by atoms with van der Waals surface area (Å²) in [6.45, 7) is 0.204. The van der Waals surface area contributed by atoms with E-state index in [-0.39, 0.29) is 6.54 Å². The first-order valence-electron chi connectivity index (χ1n) is 5.50. The van der Waals surface area contributed by atoms with Gasteiger partial charge in [-0.3, -0.25) is 0 Å². The van der Waals surface area contributed by atoms with Gasteiger partial charge in [-0.2, -0.15) is 0 Å². The van der Waals surface area contributed by atoms with E-state index < -0.39 is 18.0 Å². The lowest BCUT2D eigenvalue weighted by molar-refractivity contribution is -0.139. The minimum absolute atomic E-state index is 0.204. The predicted molar refractivity (Wildman–Crippen MR) is 68.8 cm³/mol. The molecule has 6 nitrogen and oxygen atoms in total. The molecule has 0 saturated carbocycles. The molecule has 0 bridgehead atoms. The lowest BCUT2D eigenvalue weighted by Gasteiger charge is -2.13. The average molecular weight is 280 g/mol. The largest absolute Gasteiger partial charge is 0.479 e. The summed E-state index contributed by atoms with van der Waals surface area (Å²) < 4.78 is 5.05. The van der Waals surface area contributed by atoms with Gasteiger partial charge < -0.3 is 20.2 Å². The highest BCUT2D eigenvalue weighted by Gasteiger charge is 2.22. The van der Waals surface area contributed by atoms with Crippen molar-refractivity contribution in [1.82, 2.24) is 10.6 Å². The van der Waals surface area contributed by atoms with Crippen LogP contribution in [0, 0.1) is 0 Å². The molecule has 0 fully saturated rings. The summed E-state index contributed by atoms with van der Waals surface area (Å²) in [5.41, 5.74) is 0. The van der Waals surface area contributed by atoms with E-state index in [1.54, 1.807) is 29.6 Å². The van der Waals surface area contributed by atoms with Crippen LogP contribution in [0.15, 0.2) is 40.3 Å². The number of amides is 2. The van der Waals surface area contributed by atoms with Crippen molar-refractivity contribution in [3.63, 3.8) is 0 Å². The molecule has 0 aliphatic rings. The summed E-state index contributed by atoms with van der Waals surface area (Å²) >= 11 is 1.28. The highest BCUT2D eigenvalue weighted by atomic mass is 32.1. The smallest absolute Gasteiger partial charge is 0.331 e. The fourth-order valence-electron chi connectivity index (χ4n) is 1.47. The molecule has 100 valence electrons. The Morgan fingerprint density at radius 3 is 2.79 bits per heavy atom. The normalized spacial score (nSPS) is 11.8. The van der Waals surface area contributed by atoms with E-state index in [0.29, 0.717) is 10.6 Å². The van der Waals surface area contributed by atoms with E-state index in [1.165, 1.54) is 17.6 Å². The maximum atomic E-state index is 11.6. The maximum Gasteiger partial charge on any atom is 0.331 e. The average Bonchev–Trinajstić information content (AvgIpc) is 3.05. The van der Waals surface area contributed by atoms with Gasteiger partial charge >= 0.3 is 12.0 Å². The SMILES string of the molecule is O=C(NCc1ccco1)NC(C(=O)O)c1cccs1. The summed E-state index contributed by atoms with van der Waals surface area (Å²) in [5, 5.41) is 15.8. The molecule has 19 heavy (non-hydrogen) atoms. The van der Waals surface area contributed by atoms with Gasteiger partial charge in [-0.05, 0) is 23.6 Å². The van der Waals surface area contributed by atoms with Gasteiger partial charge in [0.1, 0.15) is 5.76 Å². The first-order valence-corrected chi connectivity index (χ1v) is 6.37. The van der Waals surface area contributed by atoms with Crippen LogP contribution in [0.1, 0.15) is 16.7 Å². The fourth-order valence-corrected chi connectivity index (χ4v) is 2.24. The van der Waals surface area contributed by atoms with Crippen molar-refractivity contribution >= 4 is 23.3 Å². The van der Waals surface area contributed by atoms with Gasteiger partial charge in [0.25, 0.3) is 0 Å². The van der Waals surface area contributed by atoms with Crippen LogP contribution < -0.4 is 10.6 Å². The van der Waals surface area contributed by atoms with Gasteiger partial charge in [0, 0.05) is 4.88 Å². The molecule has 1 atom stereocenters. The lowest BCUT2D eigenvalue weighted by atomic mass is 10.2. The monoisotopic (exact) mass is 280 g/mol. The van der Waals surface area contributed by atoms with Crippen LogP contribution in [-0.2, 0) is 11.3 Å². The Morgan fingerprint density at radius 2 is 2.21 bits per heavy atom. The molecule has 3 N–H and O–H groups in total. The molecule has 7 heteroatoms. The molecule has 2 rings (SSSR count). The molecular weight excluding hydrogens is 268 g/mol. The minimum atomic E-state index is -1.10. The first-order chi connectivity index (χ1) is 9.16. The summed E-state index contributed by atoms with van der Waals surface area (Å²) in [5.74, 6) is -0.506. The van der Waals surface area contributed by atoms with E-state index in [2.05, 4.69) is 10.6 Å². The standard InChI is InChI=1S/C12H12N2O4S/c15-11(16)10(9-4-2-6-19-9)14-12(17)13-7-8-3-1-5-18-8/h1-6,10H,7H2,(H,15,16)(H2,13,14,17). The van der Waals surface area contributed by atoms with Crippen LogP contribution in [0.25, 0.3) is 0 Å². The maximum absolute atomic E-state index is 11.6. The number of hydrogen-bond acceptors (Lipinski definition) is 4. The molecule has 0 saturated heterocycles. The molecule has 2 aromatic heterocycles. The molecule has 2 heterocycles. The van der Waals surface area contributed by atoms with E-state index >= 15 is 0 Å². The summed E-state index contributed by atoms with van der Waals surface area (Å²) in [6, 6.07) is 5.22. The van der Waals surface area contributed by atoms with Gasteiger partial charge in [-0.1, -0.05) is 6.07 Å². The van der Waals surface area contributed by atoms with Gasteiger partial charge in [-0.15, -0.1) is 11.3 Å². The quantitative estimate of drug-likeness (QED) is 0.780. The van der Waals surface area contributed by atoms with Crippen LogP contribution >= 0.6 is 11.3 Å². The number of carboxylic acids is 1. The lowest BCUT2D eigenvalue weighted by Crippen LogP contribution is -2.40. The molecule has 2 amide bonds. The Kier molecular flexibility index (Phi) is 4.19. The zero-order valence-corrected chi connectivity index (χ0v) is 10.6. The van der Waals surface area contributed by atoms with Crippen molar-refractivity contribution in [2.75, 3.05) is 0 Å². The Morgan fingerprint density at radius 1 is 1.37 bits per heavy atom. The first kappa shape index (κ1) is 13.2. The topological polar surface area (TPSA) is 91.6 Å². The third-order valence-electron chi connectivity index (χ3n) is 2.35. The molecule has 0 spiro atoms. The number of hydrogen-bond donors (Lipinski definition) is 3. The number of thiophene rings is 1. The number of nitrogens with one attached hydrogen (secondary N) is 2. The van der Waals surface area contributed by atoms with Gasteiger partial charge in [-0.25, -0.2) is 9.59 Å². The van der Waals surface area contributed by atoms with Gasteiger partial charge in [0.15, 0.2) is 6.04 Å². The second-order valence-electron chi connectivity index (χ2n) is 3.69. The van der Waals surface area contributed by atoms with Crippen LogP contribution in [0.2, 0.25) is 0 Å². The van der Waals surface area contributed by atoms with Crippen molar-refractivity contribution in [2.45, 2.75) is 12.6 Å². The number of carbonyl (C=O) groups excluding carboxylic acids is 1. The highest BCUT2D eigenvalue weighted by molar-refractivity contribution is 7.10. The zero-order chi connectivity index (χ0) is 13.7. The Labute approximate surface area is 113 Å². The number of carboxylic acid groups (broad SMARTS) is 1. The second kappa shape index (κ2) is 6.05. The number of aliphatic carboxylic acids is 1. The zero-order valence-electron chi connectivity index (χ0n) is 9.83. The van der Waals surface area contributed by atoms with E-state index in [9.17, 15) is 9.59 Å². The molecule has 0 aromatic carbocycles. The number of rotatable bonds is 5. The van der Waals surface area contributed by atoms with Crippen molar-refractivity contribution in [3.05, 3.63) is 46.5 Å². The number of urea groups is 1. The van der Waals surface area contributed by atoms with Crippen molar-refractivity contribution in [2.24, 2.45) is 0 Å². The predicted octanol–water partition coefficient (Wildman–Crippen LogP) is 1.97. The van der Waals surface area contributed by atoms with Crippen molar-refractivity contribution < 1.29 is 19.1 Å². The van der Waals surface area contributed by atoms with Crippen molar-refractivity contribution in [1.29, 1.82) is 0 Å². The van der Waals surface area contributed by atoms with Crippen LogP contribution in [0.5, 0.6) is 0 Å². The van der Waals surface area contributed by atoms with Crippen LogP contribution in [0.4, 0.5) is 4.79 Å². The Bertz CT molecular complexity index is 536. The number of furan rings is 1. The third kappa shape index (κ3) is 3.59. The molecule has 1 unspecified atom stereocenters. The minimum Gasteiger partial charge on any atom is -0.479 e.